The minimum Gasteiger partial charge on any atom is -0.444 e. The number of aliphatic hydroxyl groups is 3. The van der Waals surface area contributed by atoms with Gasteiger partial charge in [0.25, 0.3) is 0 Å². The molecule has 0 heterocycles. The molecule has 17 heavy (non-hydrogen) atoms. The van der Waals surface area contributed by atoms with Gasteiger partial charge in [0.1, 0.15) is 17.8 Å². The van der Waals surface area contributed by atoms with E-state index in [1.807, 2.05) is 0 Å². The zero-order valence-electron chi connectivity index (χ0n) is 10.5. The Kier molecular flexibility index (Phi) is 4.01. The van der Waals surface area contributed by atoms with E-state index in [0.29, 0.717) is 0 Å². The van der Waals surface area contributed by atoms with Crippen LogP contribution in [0.5, 0.6) is 0 Å². The van der Waals surface area contributed by atoms with Gasteiger partial charge in [0.15, 0.2) is 0 Å². The highest BCUT2D eigenvalue weighted by Gasteiger charge is 2.47. The molecule has 1 aliphatic carbocycles. The molecule has 6 nitrogen and oxygen atoms in total. The van der Waals surface area contributed by atoms with Crippen LogP contribution in [-0.2, 0) is 4.74 Å². The molecule has 5 atom stereocenters. The molecule has 0 aromatic heterocycles. The third kappa shape index (κ3) is 3.31. The van der Waals surface area contributed by atoms with Gasteiger partial charge in [0.05, 0.1) is 12.1 Å². The second kappa shape index (κ2) is 4.80. The Morgan fingerprint density at radius 1 is 1.12 bits per heavy atom. The molecule has 1 fully saturated rings. The average Bonchev–Trinajstić information content (AvgIpc) is 2.33. The fourth-order valence-corrected chi connectivity index (χ4v) is 1.91. The number of carbonyl (C=O) groups excluding carboxylic acids is 1. The summed E-state index contributed by atoms with van der Waals surface area (Å²) in [5.41, 5.74) is -0.631. The molecule has 0 aromatic carbocycles. The Hall–Kier alpha value is -0.850. The van der Waals surface area contributed by atoms with Gasteiger partial charge in [-0.15, -0.1) is 0 Å². The standard InChI is InChI=1S/C11H21NO5/c1-5-6(8(14)9(15)7(5)13)12-10(16)17-11(2,3)4/h5-9,13-15H,1-4H3,(H,12,16). The molecule has 0 aliphatic heterocycles. The zero-order valence-corrected chi connectivity index (χ0v) is 10.5. The van der Waals surface area contributed by atoms with E-state index in [1.54, 1.807) is 27.7 Å². The Morgan fingerprint density at radius 2 is 1.65 bits per heavy atom. The van der Waals surface area contributed by atoms with Gasteiger partial charge in [-0.25, -0.2) is 4.79 Å². The highest BCUT2D eigenvalue weighted by atomic mass is 16.6. The molecule has 4 N–H and O–H groups in total. The van der Waals surface area contributed by atoms with Crippen LogP contribution in [0.15, 0.2) is 0 Å². The van der Waals surface area contributed by atoms with Crippen LogP contribution in [0.2, 0.25) is 0 Å². The fraction of sp³-hybridized carbons (Fsp3) is 0.909. The summed E-state index contributed by atoms with van der Waals surface area (Å²) in [7, 11) is 0. The molecule has 5 unspecified atom stereocenters. The van der Waals surface area contributed by atoms with Gasteiger partial charge < -0.3 is 25.4 Å². The van der Waals surface area contributed by atoms with E-state index < -0.39 is 42.0 Å². The largest absolute Gasteiger partial charge is 0.444 e. The summed E-state index contributed by atoms with van der Waals surface area (Å²) in [4.78, 5) is 11.5. The van der Waals surface area contributed by atoms with Gasteiger partial charge in [-0.1, -0.05) is 6.92 Å². The SMILES string of the molecule is CC1C(O)C(O)C(O)C1NC(=O)OC(C)(C)C. The monoisotopic (exact) mass is 247 g/mol. The van der Waals surface area contributed by atoms with Crippen LogP contribution in [0.3, 0.4) is 0 Å². The van der Waals surface area contributed by atoms with Crippen LogP contribution in [0.25, 0.3) is 0 Å². The molecular formula is C11H21NO5. The van der Waals surface area contributed by atoms with E-state index in [4.69, 9.17) is 4.74 Å². The maximum Gasteiger partial charge on any atom is 0.407 e. The lowest BCUT2D eigenvalue weighted by atomic mass is 10.0. The van der Waals surface area contributed by atoms with E-state index in [-0.39, 0.29) is 0 Å². The quantitative estimate of drug-likeness (QED) is 0.506. The minimum atomic E-state index is -1.25. The highest BCUT2D eigenvalue weighted by Crippen LogP contribution is 2.27. The van der Waals surface area contributed by atoms with Crippen molar-refractivity contribution in [2.75, 3.05) is 0 Å². The first-order chi connectivity index (χ1) is 7.63. The van der Waals surface area contributed by atoms with Crippen molar-refractivity contribution in [3.8, 4) is 0 Å². The summed E-state index contributed by atoms with van der Waals surface area (Å²) in [6.07, 6.45) is -4.16. The summed E-state index contributed by atoms with van der Waals surface area (Å²) < 4.78 is 5.04. The summed E-state index contributed by atoms with van der Waals surface area (Å²) in [6.45, 7) is 6.83. The van der Waals surface area contributed by atoms with Crippen molar-refractivity contribution in [3.05, 3.63) is 0 Å². The molecule has 1 amide bonds. The van der Waals surface area contributed by atoms with Gasteiger partial charge in [-0.3, -0.25) is 0 Å². The number of amides is 1. The number of alkyl carbamates (subject to hydrolysis) is 1. The summed E-state index contributed by atoms with van der Waals surface area (Å²) >= 11 is 0. The number of aliphatic hydroxyl groups excluding tert-OH is 3. The third-order valence-electron chi connectivity index (χ3n) is 2.86. The van der Waals surface area contributed by atoms with Crippen molar-refractivity contribution in [2.45, 2.75) is 57.6 Å². The van der Waals surface area contributed by atoms with Crippen LogP contribution in [0.4, 0.5) is 4.79 Å². The molecule has 0 bridgehead atoms. The highest BCUT2D eigenvalue weighted by molar-refractivity contribution is 5.68. The normalized spacial score (nSPS) is 37.9. The second-order valence-electron chi connectivity index (χ2n) is 5.50. The summed E-state index contributed by atoms with van der Waals surface area (Å²) in [5, 5.41) is 31.1. The third-order valence-corrected chi connectivity index (χ3v) is 2.86. The maximum absolute atomic E-state index is 11.5. The predicted molar refractivity (Wildman–Crippen MR) is 60.3 cm³/mol. The Labute approximate surface area is 101 Å². The van der Waals surface area contributed by atoms with Crippen LogP contribution >= 0.6 is 0 Å². The molecule has 1 rings (SSSR count). The predicted octanol–water partition coefficient (Wildman–Crippen LogP) is -0.388. The van der Waals surface area contributed by atoms with Gasteiger partial charge >= 0.3 is 6.09 Å². The van der Waals surface area contributed by atoms with Gasteiger partial charge in [0.2, 0.25) is 0 Å². The Balaban J connectivity index is 2.60. The van der Waals surface area contributed by atoms with E-state index in [9.17, 15) is 20.1 Å². The number of carbonyl (C=O) groups is 1. The summed E-state index contributed by atoms with van der Waals surface area (Å²) in [5.74, 6) is -0.437. The summed E-state index contributed by atoms with van der Waals surface area (Å²) in [6, 6.07) is -0.713. The van der Waals surface area contributed by atoms with Gasteiger partial charge in [-0.2, -0.15) is 0 Å². The van der Waals surface area contributed by atoms with Crippen LogP contribution in [0, 0.1) is 5.92 Å². The second-order valence-corrected chi connectivity index (χ2v) is 5.50. The molecular weight excluding hydrogens is 226 g/mol. The van der Waals surface area contributed by atoms with E-state index in [0.717, 1.165) is 0 Å². The van der Waals surface area contributed by atoms with Crippen molar-refractivity contribution >= 4 is 6.09 Å². The van der Waals surface area contributed by atoms with Crippen molar-refractivity contribution in [3.63, 3.8) is 0 Å². The molecule has 1 aliphatic rings. The number of hydrogen-bond acceptors (Lipinski definition) is 5. The lowest BCUT2D eigenvalue weighted by Gasteiger charge is -2.25. The Morgan fingerprint density at radius 3 is 2.00 bits per heavy atom. The van der Waals surface area contributed by atoms with Crippen molar-refractivity contribution < 1.29 is 24.9 Å². The van der Waals surface area contributed by atoms with Gasteiger partial charge in [-0.05, 0) is 20.8 Å². The molecule has 0 aromatic rings. The first-order valence-corrected chi connectivity index (χ1v) is 5.67. The minimum absolute atomic E-state index is 0.437. The average molecular weight is 247 g/mol. The van der Waals surface area contributed by atoms with E-state index in [2.05, 4.69) is 5.32 Å². The molecule has 0 saturated heterocycles. The van der Waals surface area contributed by atoms with Crippen molar-refractivity contribution in [2.24, 2.45) is 5.92 Å². The smallest absolute Gasteiger partial charge is 0.407 e. The molecule has 0 radical (unpaired) electrons. The van der Waals surface area contributed by atoms with E-state index >= 15 is 0 Å². The first-order valence-electron chi connectivity index (χ1n) is 5.67. The molecule has 100 valence electrons. The molecule has 0 spiro atoms. The molecule has 6 heteroatoms. The molecule has 1 saturated carbocycles. The lowest BCUT2D eigenvalue weighted by molar-refractivity contribution is -0.0271. The number of nitrogens with one attached hydrogen (secondary N) is 1. The topological polar surface area (TPSA) is 99.0 Å². The first kappa shape index (κ1) is 14.2. The van der Waals surface area contributed by atoms with Crippen LogP contribution < -0.4 is 5.32 Å². The van der Waals surface area contributed by atoms with Gasteiger partial charge in [0, 0.05) is 5.92 Å². The zero-order chi connectivity index (χ0) is 13.4. The maximum atomic E-state index is 11.5. The van der Waals surface area contributed by atoms with E-state index in [1.165, 1.54) is 0 Å². The van der Waals surface area contributed by atoms with Crippen LogP contribution in [-0.4, -0.2) is 51.4 Å². The Bertz CT molecular complexity index is 274. The van der Waals surface area contributed by atoms with Crippen molar-refractivity contribution in [1.29, 1.82) is 0 Å². The number of rotatable bonds is 1. The lowest BCUT2D eigenvalue weighted by Crippen LogP contribution is -2.47. The van der Waals surface area contributed by atoms with Crippen LogP contribution in [0.1, 0.15) is 27.7 Å². The van der Waals surface area contributed by atoms with Crippen molar-refractivity contribution in [1.82, 2.24) is 5.32 Å². The number of hydrogen-bond donors (Lipinski definition) is 4. The number of ether oxygens (including phenoxy) is 1. The fourth-order valence-electron chi connectivity index (χ4n) is 1.91.